The van der Waals surface area contributed by atoms with Crippen molar-refractivity contribution in [2.75, 3.05) is 12.3 Å². The Hall–Kier alpha value is -3.28. The highest BCUT2D eigenvalue weighted by Gasteiger charge is 2.14. The molecule has 6 nitrogen and oxygen atoms in total. The number of nitrogen functional groups attached to an aromatic ring is 1. The molecule has 0 unspecified atom stereocenters. The van der Waals surface area contributed by atoms with Crippen molar-refractivity contribution in [3.8, 4) is 16.8 Å². The largest absolute Gasteiger partial charge is 0.397 e. The molecule has 0 atom stereocenters. The lowest BCUT2D eigenvalue weighted by Gasteiger charge is -2.12. The van der Waals surface area contributed by atoms with Crippen molar-refractivity contribution >= 4 is 11.4 Å². The highest BCUT2D eigenvalue weighted by atomic mass is 15.4. The van der Waals surface area contributed by atoms with Crippen molar-refractivity contribution in [1.29, 1.82) is 0 Å². The predicted molar refractivity (Wildman–Crippen MR) is 89.7 cm³/mol. The Morgan fingerprint density at radius 1 is 1.00 bits per heavy atom. The van der Waals surface area contributed by atoms with Gasteiger partial charge in [-0.15, -0.1) is 5.10 Å². The maximum absolute atomic E-state index is 6.23. The minimum Gasteiger partial charge on any atom is -0.397 e. The van der Waals surface area contributed by atoms with Gasteiger partial charge >= 0.3 is 0 Å². The summed E-state index contributed by atoms with van der Waals surface area (Å²) in [6.07, 6.45) is 3.60. The first-order chi connectivity index (χ1) is 11.3. The molecule has 2 heterocycles. The lowest BCUT2D eigenvalue weighted by atomic mass is 9.96. The van der Waals surface area contributed by atoms with E-state index in [0.29, 0.717) is 12.2 Å². The van der Waals surface area contributed by atoms with E-state index < -0.39 is 0 Å². The van der Waals surface area contributed by atoms with Crippen molar-refractivity contribution in [3.05, 3.63) is 66.5 Å². The van der Waals surface area contributed by atoms with E-state index in [-0.39, 0.29) is 0 Å². The molecular weight excluding hydrogens is 288 g/mol. The molecular formula is C17H14N6. The first kappa shape index (κ1) is 13.4. The number of aromatic nitrogens is 2. The van der Waals surface area contributed by atoms with Crippen LogP contribution in [0.1, 0.15) is 5.56 Å². The molecule has 0 fully saturated rings. The van der Waals surface area contributed by atoms with Gasteiger partial charge in [-0.1, -0.05) is 30.3 Å². The summed E-state index contributed by atoms with van der Waals surface area (Å²) in [5.41, 5.74) is 11.8. The van der Waals surface area contributed by atoms with Crippen molar-refractivity contribution < 1.29 is 0 Å². The minimum absolute atomic E-state index is 0.512. The molecule has 23 heavy (non-hydrogen) atoms. The summed E-state index contributed by atoms with van der Waals surface area (Å²) in [4.78, 5) is 0. The Kier molecular flexibility index (Phi) is 3.20. The molecule has 1 aromatic heterocycles. The fourth-order valence-corrected chi connectivity index (χ4v) is 2.68. The Morgan fingerprint density at radius 3 is 2.57 bits per heavy atom. The topological polar surface area (TPSA) is 80.9 Å². The van der Waals surface area contributed by atoms with Crippen molar-refractivity contribution in [3.63, 3.8) is 0 Å². The molecule has 3 aromatic rings. The molecule has 1 aliphatic rings. The third-order valence-corrected chi connectivity index (χ3v) is 3.78. The quantitative estimate of drug-likeness (QED) is 0.753. The third-order valence-electron chi connectivity index (χ3n) is 3.78. The molecule has 4 rings (SSSR count). The molecule has 2 aromatic carbocycles. The number of hydrogen-bond acceptors (Lipinski definition) is 5. The van der Waals surface area contributed by atoms with E-state index in [0.717, 1.165) is 28.1 Å². The van der Waals surface area contributed by atoms with Crippen LogP contribution in [0.15, 0.2) is 76.4 Å². The van der Waals surface area contributed by atoms with Crippen LogP contribution in [-0.2, 0) is 0 Å². The van der Waals surface area contributed by atoms with E-state index in [4.69, 9.17) is 5.73 Å². The molecule has 2 N–H and O–H groups in total. The fraction of sp³-hybridized carbons (Fsp3) is 0.0588. The zero-order valence-electron chi connectivity index (χ0n) is 12.3. The van der Waals surface area contributed by atoms with Crippen molar-refractivity contribution in [2.24, 2.45) is 15.4 Å². The highest BCUT2D eigenvalue weighted by Crippen LogP contribution is 2.29. The van der Waals surface area contributed by atoms with Crippen molar-refractivity contribution in [1.82, 2.24) is 9.78 Å². The molecule has 6 heteroatoms. The van der Waals surface area contributed by atoms with Crippen LogP contribution < -0.4 is 5.73 Å². The second-order valence-electron chi connectivity index (χ2n) is 5.21. The van der Waals surface area contributed by atoms with Gasteiger partial charge in [0.1, 0.15) is 6.54 Å². The smallest absolute Gasteiger partial charge is 0.107 e. The van der Waals surface area contributed by atoms with Gasteiger partial charge in [0.2, 0.25) is 0 Å². The average molecular weight is 302 g/mol. The Balaban J connectivity index is 1.79. The molecule has 0 bridgehead atoms. The monoisotopic (exact) mass is 302 g/mol. The maximum atomic E-state index is 6.23. The van der Waals surface area contributed by atoms with Gasteiger partial charge in [-0.3, -0.25) is 0 Å². The molecule has 112 valence electrons. The van der Waals surface area contributed by atoms with Gasteiger partial charge in [0.05, 0.1) is 17.1 Å². The second kappa shape index (κ2) is 5.49. The normalized spacial score (nSPS) is 13.3. The van der Waals surface area contributed by atoms with Crippen LogP contribution in [0.25, 0.3) is 16.8 Å². The molecule has 0 saturated heterocycles. The Bertz CT molecular complexity index is 909. The van der Waals surface area contributed by atoms with Gasteiger partial charge in [-0.2, -0.15) is 10.2 Å². The van der Waals surface area contributed by atoms with Crippen LogP contribution in [0, 0.1) is 0 Å². The summed E-state index contributed by atoms with van der Waals surface area (Å²) in [5, 5.41) is 16.0. The molecule has 1 aliphatic heterocycles. The summed E-state index contributed by atoms with van der Waals surface area (Å²) in [6.45, 7) is 0.512. The van der Waals surface area contributed by atoms with E-state index in [9.17, 15) is 0 Å². The number of nitrogens with zero attached hydrogens (tertiary/aromatic N) is 5. The molecule has 0 aliphatic carbocycles. The van der Waals surface area contributed by atoms with Crippen LogP contribution in [0.3, 0.4) is 0 Å². The summed E-state index contributed by atoms with van der Waals surface area (Å²) in [7, 11) is 0. The van der Waals surface area contributed by atoms with Crippen LogP contribution in [0.2, 0.25) is 0 Å². The van der Waals surface area contributed by atoms with E-state index >= 15 is 0 Å². The summed E-state index contributed by atoms with van der Waals surface area (Å²) in [6, 6.07) is 15.9. The minimum atomic E-state index is 0.512. The van der Waals surface area contributed by atoms with Gasteiger partial charge in [0, 0.05) is 18.0 Å². The molecule has 0 amide bonds. The van der Waals surface area contributed by atoms with Crippen molar-refractivity contribution in [2.45, 2.75) is 0 Å². The zero-order chi connectivity index (χ0) is 15.6. The first-order valence-electron chi connectivity index (χ1n) is 7.25. The molecule has 0 radical (unpaired) electrons. The third kappa shape index (κ3) is 2.40. The molecule has 0 spiro atoms. The van der Waals surface area contributed by atoms with Crippen LogP contribution >= 0.6 is 0 Å². The Morgan fingerprint density at radius 2 is 1.87 bits per heavy atom. The summed E-state index contributed by atoms with van der Waals surface area (Å²) >= 11 is 0. The number of anilines is 1. The van der Waals surface area contributed by atoms with Gasteiger partial charge < -0.3 is 5.73 Å². The SMILES string of the molecule is Nc1cc(-c2ccccc2C2=NN=NC2)ccc1-n1cccn1. The lowest BCUT2D eigenvalue weighted by molar-refractivity contribution is 0.883. The number of rotatable bonds is 3. The van der Waals surface area contributed by atoms with Crippen LogP contribution in [0.5, 0.6) is 0 Å². The maximum Gasteiger partial charge on any atom is 0.107 e. The first-order valence-corrected chi connectivity index (χ1v) is 7.25. The zero-order valence-corrected chi connectivity index (χ0v) is 12.3. The summed E-state index contributed by atoms with van der Waals surface area (Å²) < 4.78 is 1.75. The van der Waals surface area contributed by atoms with E-state index in [2.05, 4.69) is 26.6 Å². The highest BCUT2D eigenvalue weighted by molar-refractivity contribution is 6.07. The van der Waals surface area contributed by atoms with E-state index in [1.54, 1.807) is 10.9 Å². The Labute approximate surface area is 133 Å². The van der Waals surface area contributed by atoms with Crippen LogP contribution in [0.4, 0.5) is 5.69 Å². The van der Waals surface area contributed by atoms with E-state index in [1.165, 1.54) is 0 Å². The summed E-state index contributed by atoms with van der Waals surface area (Å²) in [5.74, 6) is 0. The number of benzene rings is 2. The predicted octanol–water partition coefficient (Wildman–Crippen LogP) is 3.29. The number of nitrogens with two attached hydrogens (primary N) is 1. The van der Waals surface area contributed by atoms with Gasteiger partial charge in [-0.25, -0.2) is 4.68 Å². The fourth-order valence-electron chi connectivity index (χ4n) is 2.68. The van der Waals surface area contributed by atoms with Gasteiger partial charge in [-0.05, 0) is 34.5 Å². The average Bonchev–Trinajstić information content (AvgIpc) is 3.28. The number of hydrogen-bond donors (Lipinski definition) is 1. The van der Waals surface area contributed by atoms with Gasteiger partial charge in [0.25, 0.3) is 0 Å². The van der Waals surface area contributed by atoms with E-state index in [1.807, 2.05) is 48.7 Å². The lowest BCUT2D eigenvalue weighted by Crippen LogP contribution is -2.04. The van der Waals surface area contributed by atoms with Crippen LogP contribution in [-0.4, -0.2) is 22.0 Å². The van der Waals surface area contributed by atoms with Gasteiger partial charge in [0.15, 0.2) is 0 Å². The second-order valence-corrected chi connectivity index (χ2v) is 5.21. The molecule has 0 saturated carbocycles. The standard InChI is InChI=1S/C17H14N6/c18-15-10-12(6-7-17(15)23-9-3-8-20-23)13-4-1-2-5-14(13)16-11-19-22-21-16/h1-10H,11,18H2.